The maximum Gasteiger partial charge on any atom is 0.117 e. The van der Waals surface area contributed by atoms with Gasteiger partial charge in [0.2, 0.25) is 0 Å². The predicted octanol–water partition coefficient (Wildman–Crippen LogP) is -0.727. The van der Waals surface area contributed by atoms with Crippen molar-refractivity contribution >= 4 is 0 Å². The molecule has 1 unspecified atom stereocenters. The van der Waals surface area contributed by atoms with Gasteiger partial charge >= 0.3 is 0 Å². The Kier molecular flexibility index (Phi) is 1.55. The summed E-state index contributed by atoms with van der Waals surface area (Å²) in [5, 5.41) is 2.93. The molecule has 0 saturated heterocycles. The second-order valence-electron chi connectivity index (χ2n) is 2.11. The second-order valence-corrected chi connectivity index (χ2v) is 2.11. The number of nitrogens with two attached hydrogens (primary N) is 2. The van der Waals surface area contributed by atoms with Gasteiger partial charge in [-0.25, -0.2) is 0 Å². The van der Waals surface area contributed by atoms with Gasteiger partial charge in [0, 0.05) is 6.54 Å². The van der Waals surface area contributed by atoms with Gasteiger partial charge in [-0.1, -0.05) is 6.08 Å². The summed E-state index contributed by atoms with van der Waals surface area (Å²) in [5.74, 6) is 0. The van der Waals surface area contributed by atoms with Crippen LogP contribution < -0.4 is 16.8 Å². The summed E-state index contributed by atoms with van der Waals surface area (Å²) in [6, 6.07) is 0. The Morgan fingerprint density at radius 3 is 2.56 bits per heavy atom. The first-order valence-electron chi connectivity index (χ1n) is 2.88. The highest BCUT2D eigenvalue weighted by Gasteiger charge is 2.17. The third-order valence-corrected chi connectivity index (χ3v) is 1.29. The van der Waals surface area contributed by atoms with Crippen molar-refractivity contribution in [2.75, 3.05) is 6.54 Å². The van der Waals surface area contributed by atoms with E-state index in [1.807, 2.05) is 18.2 Å². The molecule has 5 N–H and O–H groups in total. The molecule has 50 valence electrons. The Morgan fingerprint density at radius 2 is 2.22 bits per heavy atom. The molecule has 9 heavy (non-hydrogen) atoms. The zero-order valence-electron chi connectivity index (χ0n) is 5.17. The summed E-state index contributed by atoms with van der Waals surface area (Å²) in [4.78, 5) is 0. The molecule has 1 heterocycles. The van der Waals surface area contributed by atoms with E-state index in [2.05, 4.69) is 5.32 Å². The summed E-state index contributed by atoms with van der Waals surface area (Å²) in [6.45, 7) is 0.411. The smallest absolute Gasteiger partial charge is 0.117 e. The first-order valence-corrected chi connectivity index (χ1v) is 2.88. The minimum Gasteiger partial charge on any atom is -0.369 e. The molecule has 0 aliphatic carbocycles. The first kappa shape index (κ1) is 6.32. The monoisotopic (exact) mass is 125 g/mol. The first-order chi connectivity index (χ1) is 4.27. The zero-order valence-corrected chi connectivity index (χ0v) is 5.17. The molecule has 1 aliphatic heterocycles. The van der Waals surface area contributed by atoms with Crippen molar-refractivity contribution in [1.82, 2.24) is 5.32 Å². The molecular formula is C6H11N3. The Bertz CT molecular complexity index is 150. The van der Waals surface area contributed by atoms with Crippen LogP contribution in [0.3, 0.4) is 0 Å². The minimum atomic E-state index is -0.519. The SMILES string of the molecule is NCC1(N)C=CC=CN1. The van der Waals surface area contributed by atoms with Crippen molar-refractivity contribution in [3.8, 4) is 0 Å². The Balaban J connectivity index is 2.63. The van der Waals surface area contributed by atoms with Crippen LogP contribution in [-0.2, 0) is 0 Å². The van der Waals surface area contributed by atoms with E-state index in [-0.39, 0.29) is 0 Å². The third kappa shape index (κ3) is 1.31. The number of allylic oxidation sites excluding steroid dienone is 2. The van der Waals surface area contributed by atoms with E-state index in [0.29, 0.717) is 6.54 Å². The maximum atomic E-state index is 5.68. The number of hydrogen-bond donors (Lipinski definition) is 3. The van der Waals surface area contributed by atoms with Crippen LogP contribution in [0, 0.1) is 0 Å². The lowest BCUT2D eigenvalue weighted by molar-refractivity contribution is 0.480. The highest BCUT2D eigenvalue weighted by atomic mass is 15.1. The van der Waals surface area contributed by atoms with Gasteiger partial charge < -0.3 is 16.8 Å². The van der Waals surface area contributed by atoms with Gasteiger partial charge in [-0.15, -0.1) is 0 Å². The fraction of sp³-hybridized carbons (Fsp3) is 0.333. The molecule has 1 rings (SSSR count). The van der Waals surface area contributed by atoms with Crippen molar-refractivity contribution in [1.29, 1.82) is 0 Å². The molecule has 0 aromatic carbocycles. The summed E-state index contributed by atoms with van der Waals surface area (Å²) in [7, 11) is 0. The Labute approximate surface area is 54.4 Å². The molecule has 1 aliphatic rings. The number of nitrogens with one attached hydrogen (secondary N) is 1. The molecule has 0 aromatic rings. The zero-order chi connectivity index (χ0) is 6.74. The van der Waals surface area contributed by atoms with Crippen LogP contribution in [0.5, 0.6) is 0 Å². The number of dihydropyridines is 1. The minimum absolute atomic E-state index is 0.411. The van der Waals surface area contributed by atoms with E-state index in [9.17, 15) is 0 Å². The highest BCUT2D eigenvalue weighted by Crippen LogP contribution is 1.99. The van der Waals surface area contributed by atoms with Crippen LogP contribution in [0.25, 0.3) is 0 Å². The van der Waals surface area contributed by atoms with Crippen LogP contribution in [0.15, 0.2) is 24.4 Å². The van der Waals surface area contributed by atoms with Crippen LogP contribution >= 0.6 is 0 Å². The normalized spacial score (nSPS) is 32.2. The summed E-state index contributed by atoms with van der Waals surface area (Å²) in [5.41, 5.74) is 10.5. The molecule has 3 heteroatoms. The molecule has 0 spiro atoms. The van der Waals surface area contributed by atoms with Gasteiger partial charge in [0.25, 0.3) is 0 Å². The maximum absolute atomic E-state index is 5.68. The highest BCUT2D eigenvalue weighted by molar-refractivity contribution is 5.17. The van der Waals surface area contributed by atoms with Gasteiger partial charge in [-0.2, -0.15) is 0 Å². The van der Waals surface area contributed by atoms with E-state index in [4.69, 9.17) is 11.5 Å². The van der Waals surface area contributed by atoms with E-state index in [0.717, 1.165) is 0 Å². The van der Waals surface area contributed by atoms with Crippen molar-refractivity contribution in [3.05, 3.63) is 24.4 Å². The van der Waals surface area contributed by atoms with Crippen molar-refractivity contribution in [2.45, 2.75) is 5.66 Å². The van der Waals surface area contributed by atoms with Gasteiger partial charge in [0.05, 0.1) is 0 Å². The summed E-state index contributed by atoms with van der Waals surface area (Å²) < 4.78 is 0. The largest absolute Gasteiger partial charge is 0.369 e. The molecule has 0 fully saturated rings. The lowest BCUT2D eigenvalue weighted by atomic mass is 10.1. The molecule has 0 saturated carbocycles. The van der Waals surface area contributed by atoms with E-state index >= 15 is 0 Å². The van der Waals surface area contributed by atoms with Crippen molar-refractivity contribution in [2.24, 2.45) is 11.5 Å². The lowest BCUT2D eigenvalue weighted by Crippen LogP contribution is -2.55. The van der Waals surface area contributed by atoms with Crippen LogP contribution in [0.1, 0.15) is 0 Å². The fourth-order valence-corrected chi connectivity index (χ4v) is 0.661. The Hall–Kier alpha value is -0.800. The fourth-order valence-electron chi connectivity index (χ4n) is 0.661. The molecule has 3 nitrogen and oxygen atoms in total. The van der Waals surface area contributed by atoms with Crippen molar-refractivity contribution < 1.29 is 0 Å². The second kappa shape index (κ2) is 2.21. The quantitative estimate of drug-likeness (QED) is 0.433. The van der Waals surface area contributed by atoms with Crippen LogP contribution in [0.2, 0.25) is 0 Å². The molecule has 0 bridgehead atoms. The van der Waals surface area contributed by atoms with E-state index in [1.165, 1.54) is 0 Å². The predicted molar refractivity (Wildman–Crippen MR) is 37.4 cm³/mol. The number of hydrogen-bond acceptors (Lipinski definition) is 3. The van der Waals surface area contributed by atoms with E-state index in [1.54, 1.807) is 6.20 Å². The third-order valence-electron chi connectivity index (χ3n) is 1.29. The number of rotatable bonds is 1. The average Bonchev–Trinajstić information content (AvgIpc) is 1.90. The molecule has 0 radical (unpaired) electrons. The van der Waals surface area contributed by atoms with Gasteiger partial charge in [-0.05, 0) is 18.4 Å². The molecule has 0 amide bonds. The van der Waals surface area contributed by atoms with Crippen LogP contribution in [0.4, 0.5) is 0 Å². The standard InChI is InChI=1S/C6H11N3/c7-5-6(8)3-1-2-4-9-6/h1-4,9H,5,7-8H2. The lowest BCUT2D eigenvalue weighted by Gasteiger charge is -2.26. The molecular weight excluding hydrogens is 114 g/mol. The van der Waals surface area contributed by atoms with Gasteiger partial charge in [-0.3, -0.25) is 0 Å². The van der Waals surface area contributed by atoms with Crippen LogP contribution in [-0.4, -0.2) is 12.2 Å². The summed E-state index contributed by atoms with van der Waals surface area (Å²) >= 11 is 0. The van der Waals surface area contributed by atoms with Gasteiger partial charge in [0.1, 0.15) is 5.66 Å². The van der Waals surface area contributed by atoms with E-state index < -0.39 is 5.66 Å². The molecule has 0 aromatic heterocycles. The topological polar surface area (TPSA) is 64.1 Å². The molecule has 1 atom stereocenters. The van der Waals surface area contributed by atoms with Crippen molar-refractivity contribution in [3.63, 3.8) is 0 Å². The Morgan fingerprint density at radius 1 is 1.44 bits per heavy atom. The van der Waals surface area contributed by atoms with Gasteiger partial charge in [0.15, 0.2) is 0 Å². The summed E-state index contributed by atoms with van der Waals surface area (Å²) in [6.07, 6.45) is 7.38. The average molecular weight is 125 g/mol.